The molecule has 6 nitrogen and oxygen atoms in total. The number of carbonyl (C=O) groups is 1. The third-order valence-corrected chi connectivity index (χ3v) is 10.2. The van der Waals surface area contributed by atoms with Gasteiger partial charge in [-0.3, -0.25) is 9.69 Å². The summed E-state index contributed by atoms with van der Waals surface area (Å²) in [6, 6.07) is 22.2. The van der Waals surface area contributed by atoms with Crippen LogP contribution in [0.1, 0.15) is 55.5 Å². The number of aromatic nitrogens is 1. The van der Waals surface area contributed by atoms with Crippen molar-refractivity contribution in [1.82, 2.24) is 9.29 Å². The Kier molecular flexibility index (Phi) is 10.2. The molecule has 1 heterocycles. The molecule has 39 heavy (non-hydrogen) atoms. The van der Waals surface area contributed by atoms with Crippen molar-refractivity contribution in [3.05, 3.63) is 83.9 Å². The van der Waals surface area contributed by atoms with Crippen LogP contribution in [0, 0.1) is 0 Å². The van der Waals surface area contributed by atoms with Crippen LogP contribution in [0.3, 0.4) is 0 Å². The SMILES string of the molecule is CCCCN(CCCC)S(=O)(=O)c1ccc(C(=O)N(Cc2ccccc2)c2nc3c(SC)cccc3s2)cc1. The van der Waals surface area contributed by atoms with E-state index in [-0.39, 0.29) is 10.8 Å². The lowest BCUT2D eigenvalue weighted by Gasteiger charge is -2.23. The molecular weight excluding hydrogens is 547 g/mol. The zero-order chi connectivity index (χ0) is 27.8. The van der Waals surface area contributed by atoms with E-state index in [1.54, 1.807) is 45.2 Å². The zero-order valence-electron chi connectivity index (χ0n) is 22.7. The molecule has 0 saturated heterocycles. The second-order valence-electron chi connectivity index (χ2n) is 9.32. The van der Waals surface area contributed by atoms with Crippen molar-refractivity contribution in [1.29, 1.82) is 0 Å². The predicted octanol–water partition coefficient (Wildman–Crippen LogP) is 7.46. The summed E-state index contributed by atoms with van der Waals surface area (Å²) in [5, 5.41) is 0.613. The molecule has 1 aromatic heterocycles. The summed E-state index contributed by atoms with van der Waals surface area (Å²) in [5.74, 6) is -0.221. The molecule has 0 radical (unpaired) electrons. The number of anilines is 1. The first-order valence-electron chi connectivity index (χ1n) is 13.3. The fourth-order valence-electron chi connectivity index (χ4n) is 4.28. The van der Waals surface area contributed by atoms with E-state index in [0.29, 0.717) is 30.3 Å². The van der Waals surface area contributed by atoms with Crippen LogP contribution in [0.5, 0.6) is 0 Å². The summed E-state index contributed by atoms with van der Waals surface area (Å²) in [4.78, 5) is 21.7. The monoisotopic (exact) mass is 581 g/mol. The Balaban J connectivity index is 1.66. The third-order valence-electron chi connectivity index (χ3n) is 6.51. The van der Waals surface area contributed by atoms with Crippen molar-refractivity contribution in [2.75, 3.05) is 24.2 Å². The van der Waals surface area contributed by atoms with Crippen molar-refractivity contribution >= 4 is 54.4 Å². The number of unbranched alkanes of at least 4 members (excludes halogenated alkanes) is 2. The molecule has 0 saturated carbocycles. The maximum absolute atomic E-state index is 13.9. The maximum atomic E-state index is 13.9. The molecule has 0 atom stereocenters. The number of carbonyl (C=O) groups excluding carboxylic acids is 1. The minimum absolute atomic E-state index is 0.213. The first-order chi connectivity index (χ1) is 18.9. The van der Waals surface area contributed by atoms with Gasteiger partial charge in [-0.1, -0.05) is 74.4 Å². The van der Waals surface area contributed by atoms with Crippen LogP contribution in [0.4, 0.5) is 5.13 Å². The van der Waals surface area contributed by atoms with Crippen molar-refractivity contribution < 1.29 is 13.2 Å². The van der Waals surface area contributed by atoms with Crippen LogP contribution in [-0.4, -0.2) is 43.0 Å². The van der Waals surface area contributed by atoms with Gasteiger partial charge in [0.1, 0.15) is 0 Å². The Labute approximate surface area is 240 Å². The Morgan fingerprint density at radius 3 is 2.18 bits per heavy atom. The lowest BCUT2D eigenvalue weighted by Crippen LogP contribution is -2.33. The molecule has 3 aromatic carbocycles. The fraction of sp³-hybridized carbons (Fsp3) is 0.333. The van der Waals surface area contributed by atoms with E-state index in [1.165, 1.54) is 11.3 Å². The van der Waals surface area contributed by atoms with Gasteiger partial charge in [-0.05, 0) is 61.1 Å². The molecule has 1 amide bonds. The highest BCUT2D eigenvalue weighted by Gasteiger charge is 2.26. The quantitative estimate of drug-likeness (QED) is 0.153. The van der Waals surface area contributed by atoms with Gasteiger partial charge in [0.2, 0.25) is 10.0 Å². The number of fused-ring (bicyclic) bond motifs is 1. The van der Waals surface area contributed by atoms with E-state index in [0.717, 1.165) is 46.4 Å². The fourth-order valence-corrected chi connectivity index (χ4v) is 7.41. The lowest BCUT2D eigenvalue weighted by molar-refractivity contribution is 0.0985. The Morgan fingerprint density at radius 1 is 0.897 bits per heavy atom. The number of rotatable bonds is 13. The molecule has 0 bridgehead atoms. The van der Waals surface area contributed by atoms with Gasteiger partial charge in [0.05, 0.1) is 21.7 Å². The molecule has 0 spiro atoms. The van der Waals surface area contributed by atoms with Gasteiger partial charge in [0.15, 0.2) is 5.13 Å². The number of hydrogen-bond acceptors (Lipinski definition) is 6. The van der Waals surface area contributed by atoms with Crippen LogP contribution < -0.4 is 4.90 Å². The van der Waals surface area contributed by atoms with E-state index in [9.17, 15) is 13.2 Å². The van der Waals surface area contributed by atoms with Gasteiger partial charge in [-0.2, -0.15) is 4.31 Å². The van der Waals surface area contributed by atoms with Crippen molar-refractivity contribution in [2.24, 2.45) is 0 Å². The van der Waals surface area contributed by atoms with E-state index < -0.39 is 10.0 Å². The second kappa shape index (κ2) is 13.6. The van der Waals surface area contributed by atoms with Gasteiger partial charge in [0.25, 0.3) is 5.91 Å². The Hall–Kier alpha value is -2.72. The van der Waals surface area contributed by atoms with Gasteiger partial charge in [0, 0.05) is 23.5 Å². The molecular formula is C30H35N3O3S3. The highest BCUT2D eigenvalue weighted by molar-refractivity contribution is 7.98. The maximum Gasteiger partial charge on any atom is 0.260 e. The van der Waals surface area contributed by atoms with E-state index >= 15 is 0 Å². The number of amides is 1. The molecule has 0 N–H and O–H groups in total. The summed E-state index contributed by atoms with van der Waals surface area (Å²) in [6.45, 7) is 5.47. The van der Waals surface area contributed by atoms with Crippen molar-refractivity contribution in [2.45, 2.75) is 55.9 Å². The van der Waals surface area contributed by atoms with Crippen LogP contribution in [-0.2, 0) is 16.6 Å². The minimum atomic E-state index is -3.64. The number of para-hydroxylation sites is 1. The van der Waals surface area contributed by atoms with Gasteiger partial charge >= 0.3 is 0 Å². The number of benzene rings is 3. The van der Waals surface area contributed by atoms with Crippen molar-refractivity contribution in [3.63, 3.8) is 0 Å². The first kappa shape index (κ1) is 29.3. The van der Waals surface area contributed by atoms with Crippen molar-refractivity contribution in [3.8, 4) is 0 Å². The second-order valence-corrected chi connectivity index (χ2v) is 13.1. The summed E-state index contributed by atoms with van der Waals surface area (Å²) in [5.41, 5.74) is 2.29. The number of thiazole rings is 1. The lowest BCUT2D eigenvalue weighted by atomic mass is 10.1. The Morgan fingerprint density at radius 2 is 1.56 bits per heavy atom. The molecule has 0 aliphatic heterocycles. The third kappa shape index (κ3) is 6.90. The van der Waals surface area contributed by atoms with E-state index in [2.05, 4.69) is 13.8 Å². The molecule has 0 unspecified atom stereocenters. The van der Waals surface area contributed by atoms with Crippen LogP contribution in [0.15, 0.2) is 82.6 Å². The standard InChI is InChI=1S/C30H35N3O3S3/c1-4-6-20-32(21-7-5-2)39(35,36)25-18-16-24(17-19-25)29(34)33(22-23-12-9-8-10-13-23)30-31-28-26(37-3)14-11-15-27(28)38-30/h8-19H,4-7,20-22H2,1-3H3. The minimum Gasteiger partial charge on any atom is -0.279 e. The highest BCUT2D eigenvalue weighted by atomic mass is 32.2. The smallest absolute Gasteiger partial charge is 0.260 e. The first-order valence-corrected chi connectivity index (χ1v) is 16.8. The summed E-state index contributed by atoms with van der Waals surface area (Å²) in [6.07, 6.45) is 5.49. The molecule has 9 heteroatoms. The topological polar surface area (TPSA) is 70.6 Å². The average molecular weight is 582 g/mol. The normalized spacial score (nSPS) is 11.8. The van der Waals surface area contributed by atoms with E-state index in [4.69, 9.17) is 4.98 Å². The highest BCUT2D eigenvalue weighted by Crippen LogP contribution is 2.35. The molecule has 206 valence electrons. The average Bonchev–Trinajstić information content (AvgIpc) is 3.40. The number of thioether (sulfide) groups is 1. The summed E-state index contributed by atoms with van der Waals surface area (Å²) >= 11 is 3.11. The molecule has 0 fully saturated rings. The van der Waals surface area contributed by atoms with Gasteiger partial charge in [-0.25, -0.2) is 13.4 Å². The zero-order valence-corrected chi connectivity index (χ0v) is 25.1. The summed E-state index contributed by atoms with van der Waals surface area (Å²) in [7, 11) is -3.64. The van der Waals surface area contributed by atoms with Gasteiger partial charge in [-0.15, -0.1) is 11.8 Å². The van der Waals surface area contributed by atoms with Crippen LogP contribution in [0.2, 0.25) is 0 Å². The van der Waals surface area contributed by atoms with Crippen LogP contribution in [0.25, 0.3) is 10.2 Å². The summed E-state index contributed by atoms with van der Waals surface area (Å²) < 4.78 is 29.4. The number of hydrogen-bond donors (Lipinski definition) is 0. The van der Waals surface area contributed by atoms with Crippen LogP contribution >= 0.6 is 23.1 Å². The van der Waals surface area contributed by atoms with Gasteiger partial charge < -0.3 is 0 Å². The molecule has 0 aliphatic carbocycles. The molecule has 0 aliphatic rings. The number of nitrogens with zero attached hydrogens (tertiary/aromatic N) is 3. The largest absolute Gasteiger partial charge is 0.279 e. The Bertz CT molecular complexity index is 1480. The molecule has 4 aromatic rings. The molecule has 4 rings (SSSR count). The number of sulfonamides is 1. The predicted molar refractivity (Wildman–Crippen MR) is 163 cm³/mol. The van der Waals surface area contributed by atoms with E-state index in [1.807, 2.05) is 54.8 Å².